The molecule has 0 radical (unpaired) electrons. The molecule has 2 rings (SSSR count). The van der Waals surface area contributed by atoms with Gasteiger partial charge in [0, 0.05) is 18.0 Å². The molecule has 1 atom stereocenters. The summed E-state index contributed by atoms with van der Waals surface area (Å²) in [6, 6.07) is 11.1. The van der Waals surface area contributed by atoms with Crippen LogP contribution in [0.4, 0.5) is 0 Å². The Morgan fingerprint density at radius 3 is 2.71 bits per heavy atom. The molecular formula is C17H17N3O. The van der Waals surface area contributed by atoms with Gasteiger partial charge in [-0.15, -0.1) is 0 Å². The van der Waals surface area contributed by atoms with Gasteiger partial charge in [0.25, 0.3) is 5.91 Å². The highest BCUT2D eigenvalue weighted by Crippen LogP contribution is 2.13. The van der Waals surface area contributed by atoms with Crippen LogP contribution in [0.15, 0.2) is 48.8 Å². The van der Waals surface area contributed by atoms with Gasteiger partial charge in [-0.25, -0.2) is 0 Å². The third-order valence-corrected chi connectivity index (χ3v) is 3.02. The van der Waals surface area contributed by atoms with Crippen molar-refractivity contribution in [3.8, 4) is 11.8 Å². The van der Waals surface area contributed by atoms with E-state index in [1.807, 2.05) is 31.2 Å². The van der Waals surface area contributed by atoms with Crippen LogP contribution in [-0.2, 0) is 0 Å². The number of nitrogens with one attached hydrogen (secondary N) is 1. The fourth-order valence-corrected chi connectivity index (χ4v) is 1.87. The molecule has 0 aliphatic rings. The number of pyridine rings is 1. The van der Waals surface area contributed by atoms with Crippen molar-refractivity contribution in [1.82, 2.24) is 10.3 Å². The highest BCUT2D eigenvalue weighted by Gasteiger charge is 2.11. The zero-order valence-corrected chi connectivity index (χ0v) is 11.8. The minimum atomic E-state index is -0.136. The number of rotatable bonds is 3. The van der Waals surface area contributed by atoms with Crippen molar-refractivity contribution >= 4 is 5.91 Å². The van der Waals surface area contributed by atoms with E-state index in [0.29, 0.717) is 12.1 Å². The van der Waals surface area contributed by atoms with Gasteiger partial charge in [-0.3, -0.25) is 9.78 Å². The van der Waals surface area contributed by atoms with E-state index in [9.17, 15) is 4.79 Å². The van der Waals surface area contributed by atoms with Gasteiger partial charge in [-0.1, -0.05) is 24.0 Å². The van der Waals surface area contributed by atoms with Crippen molar-refractivity contribution in [3.05, 3.63) is 65.5 Å². The smallest absolute Gasteiger partial charge is 0.253 e. The molecule has 1 heterocycles. The summed E-state index contributed by atoms with van der Waals surface area (Å²) in [7, 11) is 0. The number of nitrogens with zero attached hydrogens (tertiary/aromatic N) is 1. The van der Waals surface area contributed by atoms with Crippen molar-refractivity contribution in [3.63, 3.8) is 0 Å². The normalized spacial score (nSPS) is 11.1. The molecule has 0 spiro atoms. The summed E-state index contributed by atoms with van der Waals surface area (Å²) in [6.45, 7) is 2.29. The zero-order valence-electron chi connectivity index (χ0n) is 11.8. The van der Waals surface area contributed by atoms with Crippen LogP contribution in [0.1, 0.15) is 34.5 Å². The molecule has 1 aromatic carbocycles. The Labute approximate surface area is 124 Å². The minimum Gasteiger partial charge on any atom is -0.345 e. The molecule has 0 saturated heterocycles. The molecule has 1 unspecified atom stereocenters. The maximum absolute atomic E-state index is 12.0. The topological polar surface area (TPSA) is 68.0 Å². The summed E-state index contributed by atoms with van der Waals surface area (Å²) in [5.41, 5.74) is 7.82. The number of hydrogen-bond donors (Lipinski definition) is 2. The third kappa shape index (κ3) is 4.16. The molecule has 106 valence electrons. The number of carbonyl (C=O) groups is 1. The summed E-state index contributed by atoms with van der Waals surface area (Å²) < 4.78 is 0. The van der Waals surface area contributed by atoms with Crippen LogP contribution in [0.3, 0.4) is 0 Å². The summed E-state index contributed by atoms with van der Waals surface area (Å²) in [6.07, 6.45) is 3.19. The van der Waals surface area contributed by atoms with E-state index in [1.54, 1.807) is 24.5 Å². The molecule has 3 N–H and O–H groups in total. The Morgan fingerprint density at radius 1 is 1.33 bits per heavy atom. The van der Waals surface area contributed by atoms with Crippen molar-refractivity contribution in [2.45, 2.75) is 13.0 Å². The van der Waals surface area contributed by atoms with Gasteiger partial charge >= 0.3 is 0 Å². The van der Waals surface area contributed by atoms with Gasteiger partial charge in [0.2, 0.25) is 0 Å². The Hall–Kier alpha value is -2.64. The Bertz CT molecular complexity index is 654. The lowest BCUT2D eigenvalue weighted by molar-refractivity contribution is 0.0939. The van der Waals surface area contributed by atoms with Gasteiger partial charge in [0.1, 0.15) is 0 Å². The van der Waals surface area contributed by atoms with E-state index >= 15 is 0 Å². The number of carbonyl (C=O) groups excluding carboxylic acids is 1. The van der Waals surface area contributed by atoms with Gasteiger partial charge in [0.15, 0.2) is 0 Å². The lowest BCUT2D eigenvalue weighted by Gasteiger charge is -2.14. The van der Waals surface area contributed by atoms with Gasteiger partial charge < -0.3 is 11.1 Å². The number of nitrogens with two attached hydrogens (primary N) is 1. The predicted octanol–water partition coefficient (Wildman–Crippen LogP) is 1.88. The lowest BCUT2D eigenvalue weighted by Crippen LogP contribution is -2.26. The quantitative estimate of drug-likeness (QED) is 0.843. The van der Waals surface area contributed by atoms with E-state index in [0.717, 1.165) is 11.1 Å². The van der Waals surface area contributed by atoms with Gasteiger partial charge in [-0.2, -0.15) is 0 Å². The average molecular weight is 279 g/mol. The van der Waals surface area contributed by atoms with Crippen LogP contribution in [0.25, 0.3) is 0 Å². The Morgan fingerprint density at radius 2 is 2.10 bits per heavy atom. The van der Waals surface area contributed by atoms with E-state index in [-0.39, 0.29) is 11.9 Å². The Kier molecular flexibility index (Phi) is 5.08. The standard InChI is InChI=1S/C17H17N3O/c1-13(20-17(21)16-5-3-11-19-12-16)15-8-6-14(7-9-15)4-2-10-18/h3,5-9,11-13H,10,18H2,1H3,(H,20,21). The molecular weight excluding hydrogens is 262 g/mol. The molecule has 0 aliphatic carbocycles. The zero-order chi connectivity index (χ0) is 15.1. The summed E-state index contributed by atoms with van der Waals surface area (Å²) in [4.78, 5) is 16.0. The fourth-order valence-electron chi connectivity index (χ4n) is 1.87. The molecule has 0 aliphatic heterocycles. The summed E-state index contributed by atoms with van der Waals surface area (Å²) >= 11 is 0. The average Bonchev–Trinajstić information content (AvgIpc) is 2.54. The first-order valence-corrected chi connectivity index (χ1v) is 6.70. The van der Waals surface area contributed by atoms with Crippen LogP contribution in [0.5, 0.6) is 0 Å². The van der Waals surface area contributed by atoms with Crippen LogP contribution >= 0.6 is 0 Å². The van der Waals surface area contributed by atoms with E-state index < -0.39 is 0 Å². The van der Waals surface area contributed by atoms with E-state index in [2.05, 4.69) is 22.1 Å². The first kappa shape index (κ1) is 14.8. The monoisotopic (exact) mass is 279 g/mol. The number of amides is 1. The maximum atomic E-state index is 12.0. The minimum absolute atomic E-state index is 0.0887. The largest absolute Gasteiger partial charge is 0.345 e. The number of aromatic nitrogens is 1. The van der Waals surface area contributed by atoms with Crippen LogP contribution in [0, 0.1) is 11.8 Å². The molecule has 0 fully saturated rings. The van der Waals surface area contributed by atoms with Crippen molar-refractivity contribution in [1.29, 1.82) is 0 Å². The third-order valence-electron chi connectivity index (χ3n) is 3.02. The molecule has 0 bridgehead atoms. The second-order valence-corrected chi connectivity index (χ2v) is 4.56. The first-order chi connectivity index (χ1) is 10.2. The molecule has 0 saturated carbocycles. The highest BCUT2D eigenvalue weighted by molar-refractivity contribution is 5.94. The van der Waals surface area contributed by atoms with E-state index in [1.165, 1.54) is 0 Å². The van der Waals surface area contributed by atoms with Crippen LogP contribution in [0.2, 0.25) is 0 Å². The maximum Gasteiger partial charge on any atom is 0.253 e. The molecule has 2 aromatic rings. The Balaban J connectivity index is 2.03. The molecule has 4 heteroatoms. The summed E-state index contributed by atoms with van der Waals surface area (Å²) in [5, 5.41) is 2.94. The van der Waals surface area contributed by atoms with Crippen molar-refractivity contribution < 1.29 is 4.79 Å². The van der Waals surface area contributed by atoms with Crippen LogP contribution < -0.4 is 11.1 Å². The van der Waals surface area contributed by atoms with Crippen LogP contribution in [-0.4, -0.2) is 17.4 Å². The molecule has 4 nitrogen and oxygen atoms in total. The number of benzene rings is 1. The van der Waals surface area contributed by atoms with Crippen molar-refractivity contribution in [2.24, 2.45) is 5.73 Å². The lowest BCUT2D eigenvalue weighted by atomic mass is 10.1. The fraction of sp³-hybridized carbons (Fsp3) is 0.176. The first-order valence-electron chi connectivity index (χ1n) is 6.70. The molecule has 1 aromatic heterocycles. The second-order valence-electron chi connectivity index (χ2n) is 4.56. The van der Waals surface area contributed by atoms with Gasteiger partial charge in [-0.05, 0) is 36.8 Å². The number of hydrogen-bond acceptors (Lipinski definition) is 3. The van der Waals surface area contributed by atoms with E-state index in [4.69, 9.17) is 5.73 Å². The van der Waals surface area contributed by atoms with Gasteiger partial charge in [0.05, 0.1) is 18.2 Å². The predicted molar refractivity (Wildman–Crippen MR) is 82.5 cm³/mol. The molecule has 1 amide bonds. The second kappa shape index (κ2) is 7.22. The summed E-state index contributed by atoms with van der Waals surface area (Å²) in [5.74, 6) is 5.64. The molecule has 21 heavy (non-hydrogen) atoms. The highest BCUT2D eigenvalue weighted by atomic mass is 16.1. The SMILES string of the molecule is CC(NC(=O)c1cccnc1)c1ccc(C#CCN)cc1. The van der Waals surface area contributed by atoms with Crippen molar-refractivity contribution in [2.75, 3.05) is 6.54 Å².